The summed E-state index contributed by atoms with van der Waals surface area (Å²) in [5.41, 5.74) is 4.18. The standard InChI is InChI=1S/C42H66N2O2/c1-29(2)32-16-22-42(43-25-28-44-26-18-30(3)19-27-44)24-23-40(7)33(37(32)42)13-14-35-39(6)20-15-31(11-9-10-12-36(45)46)38(4,5)34(39)17-21-41(35,40)8/h9-12,15,30,32-35,37,43H,1,13-14,16-28H2,2-8H3,(H,45,46)/b11-9-,12-10+/t32-,33+,34-,35+,37+,39-,40+,41+,42-/m0/s1. The maximum absolute atomic E-state index is 11.0. The van der Waals surface area contributed by atoms with E-state index in [0.717, 1.165) is 30.7 Å². The molecule has 46 heavy (non-hydrogen) atoms. The molecule has 1 aliphatic heterocycles. The number of carboxylic acids is 1. The molecular weight excluding hydrogens is 564 g/mol. The zero-order valence-electron chi connectivity index (χ0n) is 30.5. The van der Waals surface area contributed by atoms with Gasteiger partial charge >= 0.3 is 5.97 Å². The number of carbonyl (C=O) groups is 1. The van der Waals surface area contributed by atoms with Gasteiger partial charge in [-0.1, -0.05) is 78.0 Å². The molecule has 6 rings (SSSR count). The fraction of sp³-hybridized carbons (Fsp3) is 0.786. The third kappa shape index (κ3) is 5.44. The number of piperidine rings is 1. The highest BCUT2D eigenvalue weighted by atomic mass is 16.4. The molecule has 2 N–H and O–H groups in total. The average Bonchev–Trinajstić information content (AvgIpc) is 3.37. The fourth-order valence-electron chi connectivity index (χ4n) is 13.4. The van der Waals surface area contributed by atoms with Crippen LogP contribution in [0.25, 0.3) is 0 Å². The first-order valence-electron chi connectivity index (χ1n) is 19.1. The van der Waals surface area contributed by atoms with Gasteiger partial charge in [-0.25, -0.2) is 4.79 Å². The van der Waals surface area contributed by atoms with Crippen molar-refractivity contribution in [2.75, 3.05) is 26.2 Å². The van der Waals surface area contributed by atoms with Crippen LogP contribution in [0.4, 0.5) is 0 Å². The molecule has 5 aliphatic carbocycles. The van der Waals surface area contributed by atoms with Crippen LogP contribution >= 0.6 is 0 Å². The largest absolute Gasteiger partial charge is 0.478 e. The van der Waals surface area contributed by atoms with Crippen LogP contribution in [0.15, 0.2) is 48.1 Å². The molecule has 5 fully saturated rings. The van der Waals surface area contributed by atoms with Crippen LogP contribution in [0.5, 0.6) is 0 Å². The lowest BCUT2D eigenvalue weighted by Gasteiger charge is -2.72. The van der Waals surface area contributed by atoms with Gasteiger partial charge in [-0.15, -0.1) is 0 Å². The predicted octanol–water partition coefficient (Wildman–Crippen LogP) is 9.45. The van der Waals surface area contributed by atoms with E-state index in [2.05, 4.69) is 77.4 Å². The SMILES string of the molecule is C=C(C)[C@@H]1CC[C@]2(NCCN3CCC(C)CC3)CC[C@]3(C)[C@H](CC[C@@H]4[C@@]5(C)CC=C(/C=C\C=C\C(=O)O)C(C)(C)[C@@H]5CC[C@]43C)[C@@H]12. The third-order valence-electron chi connectivity index (χ3n) is 16.1. The van der Waals surface area contributed by atoms with Crippen molar-refractivity contribution < 1.29 is 9.90 Å². The molecule has 4 heteroatoms. The van der Waals surface area contributed by atoms with E-state index in [9.17, 15) is 4.79 Å². The van der Waals surface area contributed by atoms with Crippen molar-refractivity contribution in [3.63, 3.8) is 0 Å². The molecular formula is C42H66N2O2. The zero-order chi connectivity index (χ0) is 33.1. The maximum Gasteiger partial charge on any atom is 0.328 e. The van der Waals surface area contributed by atoms with E-state index in [1.165, 1.54) is 101 Å². The minimum absolute atomic E-state index is 0.0776. The summed E-state index contributed by atoms with van der Waals surface area (Å²) in [6.07, 6.45) is 24.1. The number of fused-ring (bicyclic) bond motifs is 7. The number of allylic oxidation sites excluding steroid dienone is 6. The van der Waals surface area contributed by atoms with E-state index in [1.54, 1.807) is 6.08 Å². The highest BCUT2D eigenvalue weighted by molar-refractivity contribution is 5.80. The summed E-state index contributed by atoms with van der Waals surface area (Å²) < 4.78 is 0. The topological polar surface area (TPSA) is 52.6 Å². The van der Waals surface area contributed by atoms with Crippen molar-refractivity contribution in [2.24, 2.45) is 57.2 Å². The lowest BCUT2D eigenvalue weighted by molar-refractivity contribution is -0.221. The van der Waals surface area contributed by atoms with Gasteiger partial charge in [0.25, 0.3) is 0 Å². The number of nitrogens with one attached hydrogen (secondary N) is 1. The van der Waals surface area contributed by atoms with Crippen LogP contribution in [0.2, 0.25) is 0 Å². The fourth-order valence-corrected chi connectivity index (χ4v) is 13.4. The molecule has 0 aromatic carbocycles. The van der Waals surface area contributed by atoms with Crippen molar-refractivity contribution in [1.82, 2.24) is 10.2 Å². The minimum Gasteiger partial charge on any atom is -0.478 e. The predicted molar refractivity (Wildman–Crippen MR) is 191 cm³/mol. The van der Waals surface area contributed by atoms with Gasteiger partial charge in [0.15, 0.2) is 0 Å². The summed E-state index contributed by atoms with van der Waals surface area (Å²) in [6, 6.07) is 0. The van der Waals surface area contributed by atoms with Gasteiger partial charge in [-0.05, 0) is 153 Å². The van der Waals surface area contributed by atoms with Gasteiger partial charge in [-0.2, -0.15) is 0 Å². The summed E-state index contributed by atoms with van der Waals surface area (Å²) >= 11 is 0. The second kappa shape index (κ2) is 12.3. The Morgan fingerprint density at radius 1 is 0.957 bits per heavy atom. The van der Waals surface area contributed by atoms with E-state index in [4.69, 9.17) is 5.11 Å². The first kappa shape index (κ1) is 34.2. The van der Waals surface area contributed by atoms with Crippen LogP contribution in [-0.2, 0) is 4.79 Å². The smallest absolute Gasteiger partial charge is 0.328 e. The Balaban J connectivity index is 1.25. The minimum atomic E-state index is -0.889. The molecule has 0 unspecified atom stereocenters. The summed E-state index contributed by atoms with van der Waals surface area (Å²) in [7, 11) is 0. The number of carboxylic acid groups (broad SMARTS) is 1. The summed E-state index contributed by atoms with van der Waals surface area (Å²) in [6.45, 7) is 27.4. The summed E-state index contributed by atoms with van der Waals surface area (Å²) in [5.74, 6) is 3.52. The van der Waals surface area contributed by atoms with Crippen LogP contribution in [0, 0.1) is 57.2 Å². The normalized spacial score (nSPS) is 44.3. The van der Waals surface area contributed by atoms with E-state index in [0.29, 0.717) is 34.0 Å². The zero-order valence-corrected chi connectivity index (χ0v) is 30.5. The monoisotopic (exact) mass is 631 g/mol. The van der Waals surface area contributed by atoms with Gasteiger partial charge < -0.3 is 15.3 Å². The lowest BCUT2D eigenvalue weighted by Crippen LogP contribution is -2.68. The summed E-state index contributed by atoms with van der Waals surface area (Å²) in [5, 5.41) is 13.4. The molecule has 1 heterocycles. The Bertz CT molecular complexity index is 1270. The Morgan fingerprint density at radius 3 is 2.39 bits per heavy atom. The van der Waals surface area contributed by atoms with Crippen molar-refractivity contribution >= 4 is 5.97 Å². The van der Waals surface area contributed by atoms with Crippen molar-refractivity contribution in [3.05, 3.63) is 48.1 Å². The van der Waals surface area contributed by atoms with Crippen LogP contribution in [0.3, 0.4) is 0 Å². The molecule has 0 aromatic rings. The highest BCUT2D eigenvalue weighted by Gasteiger charge is 2.70. The van der Waals surface area contributed by atoms with Gasteiger partial charge in [0.05, 0.1) is 0 Å². The Kier molecular flexibility index (Phi) is 9.19. The third-order valence-corrected chi connectivity index (χ3v) is 16.1. The lowest BCUT2D eigenvalue weighted by atomic mass is 9.33. The molecule has 4 saturated carbocycles. The number of nitrogens with zero attached hydrogens (tertiary/aromatic N) is 1. The molecule has 0 radical (unpaired) electrons. The number of rotatable bonds is 8. The van der Waals surface area contributed by atoms with E-state index >= 15 is 0 Å². The molecule has 4 nitrogen and oxygen atoms in total. The molecule has 6 aliphatic rings. The first-order chi connectivity index (χ1) is 21.7. The molecule has 256 valence electrons. The van der Waals surface area contributed by atoms with Crippen LogP contribution < -0.4 is 5.32 Å². The average molecular weight is 631 g/mol. The second-order valence-electron chi connectivity index (χ2n) is 18.4. The van der Waals surface area contributed by atoms with E-state index < -0.39 is 5.97 Å². The maximum atomic E-state index is 11.0. The van der Waals surface area contributed by atoms with Crippen molar-refractivity contribution in [1.29, 1.82) is 0 Å². The van der Waals surface area contributed by atoms with Crippen molar-refractivity contribution in [2.45, 2.75) is 125 Å². The Hall–Kier alpha value is -1.65. The number of hydrogen-bond acceptors (Lipinski definition) is 3. The Morgan fingerprint density at radius 2 is 1.70 bits per heavy atom. The molecule has 0 spiro atoms. The molecule has 0 amide bonds. The van der Waals surface area contributed by atoms with Crippen LogP contribution in [-0.4, -0.2) is 47.7 Å². The van der Waals surface area contributed by atoms with E-state index in [1.807, 2.05) is 6.08 Å². The van der Waals surface area contributed by atoms with Crippen molar-refractivity contribution in [3.8, 4) is 0 Å². The van der Waals surface area contributed by atoms with Crippen LogP contribution in [0.1, 0.15) is 119 Å². The second-order valence-corrected chi connectivity index (χ2v) is 18.4. The highest BCUT2D eigenvalue weighted by Crippen LogP contribution is 2.76. The van der Waals surface area contributed by atoms with Gasteiger partial charge in [0.2, 0.25) is 0 Å². The number of hydrogen-bond donors (Lipinski definition) is 2. The molecule has 0 bridgehead atoms. The van der Waals surface area contributed by atoms with Gasteiger partial charge in [0, 0.05) is 24.7 Å². The van der Waals surface area contributed by atoms with Gasteiger partial charge in [-0.3, -0.25) is 0 Å². The molecule has 0 aromatic heterocycles. The van der Waals surface area contributed by atoms with E-state index in [-0.39, 0.29) is 11.0 Å². The Labute approximate surface area is 281 Å². The number of likely N-dealkylation sites (tertiary alicyclic amines) is 1. The molecule has 9 atom stereocenters. The summed E-state index contributed by atoms with van der Waals surface area (Å²) in [4.78, 5) is 13.7. The molecule has 1 saturated heterocycles. The van der Waals surface area contributed by atoms with Gasteiger partial charge in [0.1, 0.15) is 0 Å². The number of aliphatic carboxylic acids is 1. The quantitative estimate of drug-likeness (QED) is 0.159. The first-order valence-corrected chi connectivity index (χ1v) is 19.1.